The van der Waals surface area contributed by atoms with Gasteiger partial charge in [-0.25, -0.2) is 4.39 Å². The second-order valence-electron chi connectivity index (χ2n) is 8.97. The molecule has 0 unspecified atom stereocenters. The largest absolute Gasteiger partial charge is 0.350 e. The SMILES string of the molecule is CN(CC(=O)Nc1ccc(F)cc1)CC(=O)NC12CC3CC(CC(C3)C1)C2. The minimum atomic E-state index is -0.341. The van der Waals surface area contributed by atoms with Crippen LogP contribution in [-0.2, 0) is 9.59 Å². The van der Waals surface area contributed by atoms with E-state index < -0.39 is 0 Å². The predicted octanol–water partition coefficient (Wildman–Crippen LogP) is 2.78. The third kappa shape index (κ3) is 4.32. The van der Waals surface area contributed by atoms with E-state index in [0.717, 1.165) is 37.0 Å². The van der Waals surface area contributed by atoms with Crippen LogP contribution in [-0.4, -0.2) is 42.4 Å². The Bertz CT molecular complexity index is 683. The molecule has 4 saturated carbocycles. The molecule has 4 fully saturated rings. The van der Waals surface area contributed by atoms with Crippen molar-refractivity contribution < 1.29 is 14.0 Å². The van der Waals surface area contributed by atoms with Gasteiger partial charge >= 0.3 is 0 Å². The monoisotopic (exact) mass is 373 g/mol. The average Bonchev–Trinajstić information content (AvgIpc) is 2.54. The molecular weight excluding hydrogens is 345 g/mol. The lowest BCUT2D eigenvalue weighted by Gasteiger charge is -2.57. The third-order valence-electron chi connectivity index (χ3n) is 6.40. The average molecular weight is 373 g/mol. The smallest absolute Gasteiger partial charge is 0.238 e. The van der Waals surface area contributed by atoms with Gasteiger partial charge in [-0.3, -0.25) is 14.5 Å². The van der Waals surface area contributed by atoms with Gasteiger partial charge in [-0.1, -0.05) is 0 Å². The zero-order valence-electron chi connectivity index (χ0n) is 15.8. The summed E-state index contributed by atoms with van der Waals surface area (Å²) in [6.07, 6.45) is 7.41. The van der Waals surface area contributed by atoms with E-state index in [0.29, 0.717) is 5.69 Å². The molecule has 4 aliphatic carbocycles. The molecule has 0 aromatic heterocycles. The van der Waals surface area contributed by atoms with E-state index in [1.165, 1.54) is 43.5 Å². The number of carbonyl (C=O) groups excluding carboxylic acids is 2. The Morgan fingerprint density at radius 3 is 2.07 bits per heavy atom. The highest BCUT2D eigenvalue weighted by atomic mass is 19.1. The Kier molecular flexibility index (Phi) is 4.93. The van der Waals surface area contributed by atoms with Gasteiger partial charge in [0, 0.05) is 11.2 Å². The lowest BCUT2D eigenvalue weighted by molar-refractivity contribution is -0.128. The standard InChI is InChI=1S/C21H28FN3O2/c1-25(12-19(26)23-18-4-2-17(22)3-5-18)13-20(27)24-21-9-14-6-15(10-21)8-16(7-14)11-21/h2-5,14-16H,6-13H2,1H3,(H,23,26)(H,24,27). The first-order valence-electron chi connectivity index (χ1n) is 9.94. The Balaban J connectivity index is 1.25. The number of halogens is 1. The fourth-order valence-corrected chi connectivity index (χ4v) is 5.88. The van der Waals surface area contributed by atoms with Crippen LogP contribution in [0, 0.1) is 23.6 Å². The summed E-state index contributed by atoms with van der Waals surface area (Å²) < 4.78 is 12.9. The lowest BCUT2D eigenvalue weighted by Crippen LogP contribution is -2.61. The van der Waals surface area contributed by atoms with Gasteiger partial charge in [0.15, 0.2) is 0 Å². The molecule has 4 bridgehead atoms. The van der Waals surface area contributed by atoms with Crippen molar-refractivity contribution in [3.63, 3.8) is 0 Å². The van der Waals surface area contributed by atoms with E-state index in [1.807, 2.05) is 0 Å². The van der Waals surface area contributed by atoms with Crippen LogP contribution in [0.5, 0.6) is 0 Å². The maximum atomic E-state index is 12.9. The maximum absolute atomic E-state index is 12.9. The van der Waals surface area contributed by atoms with Crippen LogP contribution in [0.25, 0.3) is 0 Å². The van der Waals surface area contributed by atoms with Crippen molar-refractivity contribution in [2.45, 2.75) is 44.1 Å². The first-order valence-corrected chi connectivity index (χ1v) is 9.94. The Labute approximate surface area is 159 Å². The van der Waals surface area contributed by atoms with E-state index in [-0.39, 0.29) is 36.3 Å². The Hall–Kier alpha value is -1.95. The van der Waals surface area contributed by atoms with E-state index in [4.69, 9.17) is 0 Å². The summed E-state index contributed by atoms with van der Waals surface area (Å²) in [6.45, 7) is 0.324. The highest BCUT2D eigenvalue weighted by Gasteiger charge is 2.51. The molecule has 0 aliphatic heterocycles. The molecular formula is C21H28FN3O2. The van der Waals surface area contributed by atoms with Gasteiger partial charge < -0.3 is 10.6 Å². The number of amides is 2. The Morgan fingerprint density at radius 2 is 1.52 bits per heavy atom. The van der Waals surface area contributed by atoms with E-state index in [2.05, 4.69) is 10.6 Å². The summed E-state index contributed by atoms with van der Waals surface area (Å²) in [7, 11) is 1.77. The first kappa shape index (κ1) is 18.4. The number of hydrogen-bond acceptors (Lipinski definition) is 3. The molecule has 2 amide bonds. The molecule has 0 heterocycles. The molecule has 146 valence electrons. The van der Waals surface area contributed by atoms with Crippen LogP contribution in [0.15, 0.2) is 24.3 Å². The van der Waals surface area contributed by atoms with Gasteiger partial charge in [0.05, 0.1) is 13.1 Å². The number of hydrogen-bond donors (Lipinski definition) is 2. The summed E-state index contributed by atoms with van der Waals surface area (Å²) in [5.74, 6) is 1.81. The lowest BCUT2D eigenvalue weighted by atomic mass is 9.53. The normalized spacial score (nSPS) is 31.1. The van der Waals surface area contributed by atoms with Crippen LogP contribution in [0.1, 0.15) is 38.5 Å². The predicted molar refractivity (Wildman–Crippen MR) is 102 cm³/mol. The third-order valence-corrected chi connectivity index (χ3v) is 6.40. The second-order valence-corrected chi connectivity index (χ2v) is 8.97. The fraction of sp³-hybridized carbons (Fsp3) is 0.619. The second kappa shape index (κ2) is 7.23. The Morgan fingerprint density at radius 1 is 1.00 bits per heavy atom. The quantitative estimate of drug-likeness (QED) is 0.806. The number of rotatable bonds is 6. The van der Waals surface area contributed by atoms with Crippen molar-refractivity contribution in [1.82, 2.24) is 10.2 Å². The molecule has 0 spiro atoms. The van der Waals surface area contributed by atoms with Crippen LogP contribution < -0.4 is 10.6 Å². The van der Waals surface area contributed by atoms with Crippen molar-refractivity contribution in [1.29, 1.82) is 0 Å². The van der Waals surface area contributed by atoms with Crippen LogP contribution in [0.2, 0.25) is 0 Å². The summed E-state index contributed by atoms with van der Waals surface area (Å²) in [5, 5.41) is 6.05. The molecule has 4 aliphatic rings. The number of nitrogens with one attached hydrogen (secondary N) is 2. The number of carbonyl (C=O) groups is 2. The zero-order valence-corrected chi connectivity index (χ0v) is 15.8. The topological polar surface area (TPSA) is 61.4 Å². The van der Waals surface area contributed by atoms with Gasteiger partial charge in [0.25, 0.3) is 0 Å². The van der Waals surface area contributed by atoms with Crippen LogP contribution >= 0.6 is 0 Å². The van der Waals surface area contributed by atoms with E-state index >= 15 is 0 Å². The molecule has 6 heteroatoms. The van der Waals surface area contributed by atoms with Crippen LogP contribution in [0.3, 0.4) is 0 Å². The van der Waals surface area contributed by atoms with Crippen molar-refractivity contribution in [3.8, 4) is 0 Å². The van der Waals surface area contributed by atoms with Gasteiger partial charge in [-0.2, -0.15) is 0 Å². The number of benzene rings is 1. The van der Waals surface area contributed by atoms with Gasteiger partial charge in [-0.15, -0.1) is 0 Å². The zero-order chi connectivity index (χ0) is 19.0. The fourth-order valence-electron chi connectivity index (χ4n) is 5.88. The highest BCUT2D eigenvalue weighted by molar-refractivity contribution is 5.92. The van der Waals surface area contributed by atoms with Gasteiger partial charge in [0.1, 0.15) is 5.82 Å². The molecule has 0 saturated heterocycles. The minimum absolute atomic E-state index is 0.00302. The number of anilines is 1. The first-order chi connectivity index (χ1) is 12.9. The maximum Gasteiger partial charge on any atom is 0.238 e. The van der Waals surface area contributed by atoms with Gasteiger partial charge in [-0.05, 0) is 87.6 Å². The molecule has 2 N–H and O–H groups in total. The molecule has 5 nitrogen and oxygen atoms in total. The minimum Gasteiger partial charge on any atom is -0.350 e. The summed E-state index contributed by atoms with van der Waals surface area (Å²) in [6, 6.07) is 5.65. The summed E-state index contributed by atoms with van der Waals surface area (Å²) >= 11 is 0. The molecule has 0 radical (unpaired) electrons. The van der Waals surface area contributed by atoms with Crippen molar-refractivity contribution in [2.24, 2.45) is 17.8 Å². The molecule has 5 rings (SSSR count). The molecule has 1 aromatic rings. The van der Waals surface area contributed by atoms with Crippen LogP contribution in [0.4, 0.5) is 10.1 Å². The summed E-state index contributed by atoms with van der Waals surface area (Å²) in [5.41, 5.74) is 0.552. The van der Waals surface area contributed by atoms with Crippen molar-refractivity contribution in [3.05, 3.63) is 30.1 Å². The van der Waals surface area contributed by atoms with E-state index in [1.54, 1.807) is 11.9 Å². The molecule has 1 aromatic carbocycles. The molecule has 27 heavy (non-hydrogen) atoms. The van der Waals surface area contributed by atoms with E-state index in [9.17, 15) is 14.0 Å². The van der Waals surface area contributed by atoms with Crippen molar-refractivity contribution >= 4 is 17.5 Å². The number of likely N-dealkylation sites (N-methyl/N-ethyl adjacent to an activating group) is 1. The number of nitrogens with zero attached hydrogens (tertiary/aromatic N) is 1. The summed E-state index contributed by atoms with van der Waals surface area (Å²) in [4.78, 5) is 26.4. The highest BCUT2D eigenvalue weighted by Crippen LogP contribution is 2.55. The van der Waals surface area contributed by atoms with Gasteiger partial charge in [0.2, 0.25) is 11.8 Å². The van der Waals surface area contributed by atoms with Crippen molar-refractivity contribution in [2.75, 3.05) is 25.5 Å². The molecule has 0 atom stereocenters.